The SMILES string of the molecule is CC(C)n1cc(C(=O)Nc2cc3[nH]c(-c4ccncc4)cc3cn2)cn1. The summed E-state index contributed by atoms with van der Waals surface area (Å²) >= 11 is 0. The predicted octanol–water partition coefficient (Wildman–Crippen LogP) is 3.65. The third-order valence-electron chi connectivity index (χ3n) is 4.13. The molecule has 7 heteroatoms. The van der Waals surface area contributed by atoms with Gasteiger partial charge in [-0.05, 0) is 32.0 Å². The molecule has 0 fully saturated rings. The van der Waals surface area contributed by atoms with Crippen LogP contribution in [0.3, 0.4) is 0 Å². The largest absolute Gasteiger partial charge is 0.354 e. The molecular weight excluding hydrogens is 328 g/mol. The minimum atomic E-state index is -0.232. The van der Waals surface area contributed by atoms with Crippen LogP contribution in [0.2, 0.25) is 0 Å². The normalized spacial score (nSPS) is 11.2. The molecule has 7 nitrogen and oxygen atoms in total. The van der Waals surface area contributed by atoms with Crippen molar-refractivity contribution in [2.24, 2.45) is 0 Å². The molecule has 2 N–H and O–H groups in total. The Balaban J connectivity index is 1.58. The molecule has 0 saturated carbocycles. The van der Waals surface area contributed by atoms with Crippen molar-refractivity contribution in [2.75, 3.05) is 5.32 Å². The monoisotopic (exact) mass is 346 g/mol. The Bertz CT molecular complexity index is 1060. The molecule has 0 bridgehead atoms. The lowest BCUT2D eigenvalue weighted by Crippen LogP contribution is -2.12. The summed E-state index contributed by atoms with van der Waals surface area (Å²) in [7, 11) is 0. The summed E-state index contributed by atoms with van der Waals surface area (Å²) in [6.45, 7) is 4.02. The zero-order valence-corrected chi connectivity index (χ0v) is 14.5. The van der Waals surface area contributed by atoms with Gasteiger partial charge in [-0.1, -0.05) is 0 Å². The van der Waals surface area contributed by atoms with Crippen LogP contribution < -0.4 is 5.32 Å². The molecule has 0 aliphatic rings. The van der Waals surface area contributed by atoms with E-state index in [-0.39, 0.29) is 11.9 Å². The maximum absolute atomic E-state index is 12.4. The van der Waals surface area contributed by atoms with Gasteiger partial charge < -0.3 is 10.3 Å². The summed E-state index contributed by atoms with van der Waals surface area (Å²) in [6, 6.07) is 7.93. The zero-order valence-electron chi connectivity index (χ0n) is 14.5. The van der Waals surface area contributed by atoms with Crippen molar-refractivity contribution in [1.29, 1.82) is 0 Å². The van der Waals surface area contributed by atoms with Crippen molar-refractivity contribution in [3.05, 3.63) is 60.8 Å². The maximum Gasteiger partial charge on any atom is 0.260 e. The van der Waals surface area contributed by atoms with Crippen LogP contribution in [0.1, 0.15) is 30.2 Å². The number of hydrogen-bond donors (Lipinski definition) is 2. The van der Waals surface area contributed by atoms with E-state index in [1.165, 1.54) is 0 Å². The molecule has 130 valence electrons. The first kappa shape index (κ1) is 16.0. The minimum Gasteiger partial charge on any atom is -0.354 e. The quantitative estimate of drug-likeness (QED) is 0.590. The average Bonchev–Trinajstić information content (AvgIpc) is 3.29. The zero-order chi connectivity index (χ0) is 18.1. The number of nitrogens with one attached hydrogen (secondary N) is 2. The second-order valence-electron chi connectivity index (χ2n) is 6.33. The number of rotatable bonds is 4. The van der Waals surface area contributed by atoms with Crippen molar-refractivity contribution in [2.45, 2.75) is 19.9 Å². The summed E-state index contributed by atoms with van der Waals surface area (Å²) < 4.78 is 1.75. The Morgan fingerprint density at radius 3 is 2.73 bits per heavy atom. The molecule has 0 radical (unpaired) electrons. The Kier molecular flexibility index (Phi) is 3.96. The Morgan fingerprint density at radius 1 is 1.19 bits per heavy atom. The molecule has 4 aromatic heterocycles. The maximum atomic E-state index is 12.4. The van der Waals surface area contributed by atoms with Gasteiger partial charge in [0.15, 0.2) is 0 Å². The van der Waals surface area contributed by atoms with Gasteiger partial charge in [-0.15, -0.1) is 0 Å². The smallest absolute Gasteiger partial charge is 0.260 e. The lowest BCUT2D eigenvalue weighted by atomic mass is 10.2. The van der Waals surface area contributed by atoms with Gasteiger partial charge in [0.25, 0.3) is 5.91 Å². The van der Waals surface area contributed by atoms with Crippen molar-refractivity contribution in [3.8, 4) is 11.3 Å². The van der Waals surface area contributed by atoms with E-state index in [4.69, 9.17) is 0 Å². The van der Waals surface area contributed by atoms with E-state index in [0.717, 1.165) is 22.2 Å². The highest BCUT2D eigenvalue weighted by molar-refractivity contribution is 6.04. The molecule has 0 saturated heterocycles. The molecular formula is C19H18N6O. The average molecular weight is 346 g/mol. The van der Waals surface area contributed by atoms with E-state index < -0.39 is 0 Å². The predicted molar refractivity (Wildman–Crippen MR) is 99.9 cm³/mol. The molecule has 0 aromatic carbocycles. The molecule has 26 heavy (non-hydrogen) atoms. The molecule has 4 aromatic rings. The molecule has 0 atom stereocenters. The van der Waals surface area contributed by atoms with Gasteiger partial charge in [-0.25, -0.2) is 4.98 Å². The number of fused-ring (bicyclic) bond motifs is 1. The van der Waals surface area contributed by atoms with Crippen LogP contribution in [-0.2, 0) is 0 Å². The summed E-state index contributed by atoms with van der Waals surface area (Å²) in [5.74, 6) is 0.257. The number of aromatic amines is 1. The second kappa shape index (κ2) is 6.44. The molecule has 0 spiro atoms. The van der Waals surface area contributed by atoms with Crippen LogP contribution in [0.4, 0.5) is 5.82 Å². The number of anilines is 1. The van der Waals surface area contributed by atoms with Gasteiger partial charge in [0, 0.05) is 53.5 Å². The molecule has 0 aliphatic carbocycles. The Morgan fingerprint density at radius 2 is 2.00 bits per heavy atom. The number of amides is 1. The first-order valence-electron chi connectivity index (χ1n) is 8.35. The highest BCUT2D eigenvalue weighted by atomic mass is 16.1. The summed E-state index contributed by atoms with van der Waals surface area (Å²) in [5, 5.41) is 7.98. The Labute approximate surface area is 150 Å². The Hall–Kier alpha value is -3.48. The number of carbonyl (C=O) groups is 1. The van der Waals surface area contributed by atoms with Crippen LogP contribution in [0.5, 0.6) is 0 Å². The number of aromatic nitrogens is 5. The highest BCUT2D eigenvalue weighted by Crippen LogP contribution is 2.24. The van der Waals surface area contributed by atoms with E-state index in [2.05, 4.69) is 25.4 Å². The van der Waals surface area contributed by atoms with Gasteiger partial charge in [0.1, 0.15) is 5.82 Å². The van der Waals surface area contributed by atoms with Crippen LogP contribution in [0.15, 0.2) is 55.2 Å². The fraction of sp³-hybridized carbons (Fsp3) is 0.158. The molecule has 0 unspecified atom stereocenters. The van der Waals surface area contributed by atoms with E-state index >= 15 is 0 Å². The molecule has 4 heterocycles. The van der Waals surface area contributed by atoms with E-state index in [1.54, 1.807) is 35.7 Å². The van der Waals surface area contributed by atoms with Crippen molar-refractivity contribution < 1.29 is 4.79 Å². The number of hydrogen-bond acceptors (Lipinski definition) is 4. The van der Waals surface area contributed by atoms with Gasteiger partial charge in [-0.3, -0.25) is 14.5 Å². The first-order chi connectivity index (χ1) is 12.6. The van der Waals surface area contributed by atoms with E-state index in [9.17, 15) is 4.79 Å². The van der Waals surface area contributed by atoms with Gasteiger partial charge in [-0.2, -0.15) is 5.10 Å². The summed E-state index contributed by atoms with van der Waals surface area (Å²) in [5.41, 5.74) is 3.43. The lowest BCUT2D eigenvalue weighted by Gasteiger charge is -2.04. The second-order valence-corrected chi connectivity index (χ2v) is 6.33. The van der Waals surface area contributed by atoms with E-state index in [1.807, 2.05) is 38.1 Å². The first-order valence-corrected chi connectivity index (χ1v) is 8.35. The molecule has 1 amide bonds. The lowest BCUT2D eigenvalue weighted by molar-refractivity contribution is 0.102. The number of carbonyl (C=O) groups excluding carboxylic acids is 1. The minimum absolute atomic E-state index is 0.205. The molecule has 0 aliphatic heterocycles. The van der Waals surface area contributed by atoms with Crippen molar-refractivity contribution in [1.82, 2.24) is 24.7 Å². The number of nitrogens with zero attached hydrogens (tertiary/aromatic N) is 4. The van der Waals surface area contributed by atoms with Crippen LogP contribution in [0, 0.1) is 0 Å². The van der Waals surface area contributed by atoms with Gasteiger partial charge in [0.05, 0.1) is 17.3 Å². The highest BCUT2D eigenvalue weighted by Gasteiger charge is 2.12. The van der Waals surface area contributed by atoms with Crippen molar-refractivity contribution >= 4 is 22.6 Å². The molecule has 4 rings (SSSR count). The van der Waals surface area contributed by atoms with E-state index in [0.29, 0.717) is 11.4 Å². The number of pyridine rings is 2. The standard InChI is InChI=1S/C19H18N6O/c1-12(2)25-11-15(10-22-25)19(26)24-18-8-17-14(9-21-18)7-16(23-17)13-3-5-20-6-4-13/h3-12,23H,1-2H3,(H,21,24,26). The third kappa shape index (κ3) is 3.06. The van der Waals surface area contributed by atoms with Crippen LogP contribution >= 0.6 is 0 Å². The van der Waals surface area contributed by atoms with Crippen LogP contribution in [0.25, 0.3) is 22.2 Å². The topological polar surface area (TPSA) is 88.5 Å². The third-order valence-corrected chi connectivity index (χ3v) is 4.13. The fourth-order valence-electron chi connectivity index (χ4n) is 2.71. The van der Waals surface area contributed by atoms with Gasteiger partial charge in [0.2, 0.25) is 0 Å². The fourth-order valence-corrected chi connectivity index (χ4v) is 2.71. The van der Waals surface area contributed by atoms with Gasteiger partial charge >= 0.3 is 0 Å². The summed E-state index contributed by atoms with van der Waals surface area (Å²) in [6.07, 6.45) is 8.53. The van der Waals surface area contributed by atoms with Crippen LogP contribution in [-0.4, -0.2) is 30.6 Å². The summed E-state index contributed by atoms with van der Waals surface area (Å²) in [4.78, 5) is 24.1. The van der Waals surface area contributed by atoms with Crippen molar-refractivity contribution in [3.63, 3.8) is 0 Å². The number of H-pyrrole nitrogens is 1.